The van der Waals surface area contributed by atoms with E-state index in [-0.39, 0.29) is 23.6 Å². The van der Waals surface area contributed by atoms with Crippen LogP contribution in [0, 0.1) is 5.92 Å². The van der Waals surface area contributed by atoms with E-state index in [0.29, 0.717) is 13.0 Å². The number of hydrogen-bond donors (Lipinski definition) is 1. The van der Waals surface area contributed by atoms with E-state index in [2.05, 4.69) is 5.32 Å². The quantitative estimate of drug-likeness (QED) is 0.356. The fourth-order valence-corrected chi connectivity index (χ4v) is 2.35. The third-order valence-corrected chi connectivity index (χ3v) is 3.88. The SMILES string of the molecule is CC(C)[C@@H](C=O)NC(=O)CCCCCCCN1C(=O)C=CC1=O. The maximum Gasteiger partial charge on any atom is 0.253 e. The molecule has 0 aliphatic carbocycles. The molecular formula is C17H26N2O4. The van der Waals surface area contributed by atoms with E-state index in [1.54, 1.807) is 0 Å². The van der Waals surface area contributed by atoms with Crippen LogP contribution in [-0.4, -0.2) is 41.5 Å². The molecule has 6 nitrogen and oxygen atoms in total. The van der Waals surface area contributed by atoms with E-state index in [0.717, 1.165) is 38.4 Å². The third-order valence-electron chi connectivity index (χ3n) is 3.88. The molecule has 0 radical (unpaired) electrons. The summed E-state index contributed by atoms with van der Waals surface area (Å²) in [5.41, 5.74) is 0. The molecule has 1 rings (SSSR count). The van der Waals surface area contributed by atoms with Crippen LogP contribution in [0.4, 0.5) is 0 Å². The molecule has 0 spiro atoms. The molecule has 1 aliphatic rings. The molecule has 0 fully saturated rings. The summed E-state index contributed by atoms with van der Waals surface area (Å²) in [5.74, 6) is -0.458. The monoisotopic (exact) mass is 322 g/mol. The molecule has 1 aliphatic heterocycles. The number of hydrogen-bond acceptors (Lipinski definition) is 4. The van der Waals surface area contributed by atoms with Crippen molar-refractivity contribution in [2.75, 3.05) is 6.54 Å². The predicted octanol–water partition coefficient (Wildman–Crippen LogP) is 1.59. The van der Waals surface area contributed by atoms with Crippen molar-refractivity contribution in [3.8, 4) is 0 Å². The van der Waals surface area contributed by atoms with Gasteiger partial charge in [0, 0.05) is 25.1 Å². The van der Waals surface area contributed by atoms with Gasteiger partial charge in [0.25, 0.3) is 11.8 Å². The first-order valence-electron chi connectivity index (χ1n) is 8.24. The van der Waals surface area contributed by atoms with Gasteiger partial charge in [-0.15, -0.1) is 0 Å². The van der Waals surface area contributed by atoms with E-state index in [9.17, 15) is 19.2 Å². The summed E-state index contributed by atoms with van der Waals surface area (Å²) in [6.07, 6.45) is 8.14. The number of unbranched alkanes of at least 4 members (excludes halogenated alkanes) is 4. The molecule has 0 aromatic carbocycles. The average Bonchev–Trinajstić information content (AvgIpc) is 2.82. The highest BCUT2D eigenvalue weighted by molar-refractivity contribution is 6.12. The fourth-order valence-electron chi connectivity index (χ4n) is 2.35. The molecule has 1 heterocycles. The van der Waals surface area contributed by atoms with E-state index in [1.807, 2.05) is 13.8 Å². The number of carbonyl (C=O) groups is 4. The van der Waals surface area contributed by atoms with E-state index in [4.69, 9.17) is 0 Å². The number of imide groups is 1. The number of nitrogens with zero attached hydrogens (tertiary/aromatic N) is 1. The highest BCUT2D eigenvalue weighted by atomic mass is 16.2. The van der Waals surface area contributed by atoms with Crippen molar-refractivity contribution in [2.24, 2.45) is 5.92 Å². The summed E-state index contributed by atoms with van der Waals surface area (Å²) in [7, 11) is 0. The molecule has 0 aromatic rings. The molecular weight excluding hydrogens is 296 g/mol. The van der Waals surface area contributed by atoms with Crippen molar-refractivity contribution in [1.82, 2.24) is 10.2 Å². The Morgan fingerprint density at radius 3 is 2.22 bits per heavy atom. The molecule has 0 saturated carbocycles. The Kier molecular flexibility index (Phi) is 8.22. The maximum absolute atomic E-state index is 11.7. The van der Waals surface area contributed by atoms with Crippen LogP contribution in [0.1, 0.15) is 52.4 Å². The number of rotatable bonds is 11. The van der Waals surface area contributed by atoms with Crippen LogP contribution in [0.15, 0.2) is 12.2 Å². The van der Waals surface area contributed by atoms with Crippen molar-refractivity contribution in [2.45, 2.75) is 58.4 Å². The zero-order chi connectivity index (χ0) is 17.2. The van der Waals surface area contributed by atoms with Gasteiger partial charge in [-0.3, -0.25) is 19.3 Å². The second kappa shape index (κ2) is 9.92. The highest BCUT2D eigenvalue weighted by Gasteiger charge is 2.22. The lowest BCUT2D eigenvalue weighted by atomic mass is 10.1. The zero-order valence-corrected chi connectivity index (χ0v) is 13.9. The Balaban J connectivity index is 2.03. The van der Waals surface area contributed by atoms with Gasteiger partial charge in [0.15, 0.2) is 0 Å². The normalized spacial score (nSPS) is 15.3. The standard InChI is InChI=1S/C17H26N2O4/c1-13(2)14(12-20)18-15(21)8-6-4-3-5-7-11-19-16(22)9-10-17(19)23/h9-10,12-14H,3-8,11H2,1-2H3,(H,18,21)/t14-/m1/s1. The zero-order valence-electron chi connectivity index (χ0n) is 13.9. The van der Waals surface area contributed by atoms with Crippen LogP contribution in [0.25, 0.3) is 0 Å². The Bertz CT molecular complexity index is 453. The molecule has 1 atom stereocenters. The minimum Gasteiger partial charge on any atom is -0.346 e. The first-order valence-corrected chi connectivity index (χ1v) is 8.24. The number of carbonyl (C=O) groups excluding carboxylic acids is 4. The van der Waals surface area contributed by atoms with Gasteiger partial charge in [0.05, 0.1) is 6.04 Å². The minimum atomic E-state index is -0.411. The van der Waals surface area contributed by atoms with Gasteiger partial charge >= 0.3 is 0 Å². The lowest BCUT2D eigenvalue weighted by molar-refractivity contribution is -0.136. The van der Waals surface area contributed by atoms with Crippen LogP contribution < -0.4 is 5.32 Å². The van der Waals surface area contributed by atoms with Crippen LogP contribution in [0.2, 0.25) is 0 Å². The van der Waals surface area contributed by atoms with Crippen LogP contribution in [-0.2, 0) is 19.2 Å². The van der Waals surface area contributed by atoms with Gasteiger partial charge in [0.1, 0.15) is 6.29 Å². The first kappa shape index (κ1) is 19.1. The first-order chi connectivity index (χ1) is 11.0. The maximum atomic E-state index is 11.7. The molecule has 23 heavy (non-hydrogen) atoms. The Morgan fingerprint density at radius 2 is 1.65 bits per heavy atom. The number of nitrogens with one attached hydrogen (secondary N) is 1. The third kappa shape index (κ3) is 6.76. The van der Waals surface area contributed by atoms with Gasteiger partial charge in [0.2, 0.25) is 5.91 Å². The molecule has 0 aromatic heterocycles. The molecule has 0 unspecified atom stereocenters. The summed E-state index contributed by atoms with van der Waals surface area (Å²) >= 11 is 0. The van der Waals surface area contributed by atoms with E-state index < -0.39 is 6.04 Å². The Hall–Kier alpha value is -1.98. The fraction of sp³-hybridized carbons (Fsp3) is 0.647. The summed E-state index contributed by atoms with van der Waals surface area (Å²) < 4.78 is 0. The Morgan fingerprint density at radius 1 is 1.09 bits per heavy atom. The highest BCUT2D eigenvalue weighted by Crippen LogP contribution is 2.09. The van der Waals surface area contributed by atoms with Crippen molar-refractivity contribution in [3.05, 3.63) is 12.2 Å². The van der Waals surface area contributed by atoms with Gasteiger partial charge < -0.3 is 10.1 Å². The van der Waals surface area contributed by atoms with Crippen molar-refractivity contribution < 1.29 is 19.2 Å². The van der Waals surface area contributed by atoms with Gasteiger partial charge in [-0.25, -0.2) is 0 Å². The van der Waals surface area contributed by atoms with Crippen molar-refractivity contribution in [1.29, 1.82) is 0 Å². The van der Waals surface area contributed by atoms with Crippen LogP contribution in [0.3, 0.4) is 0 Å². The van der Waals surface area contributed by atoms with Gasteiger partial charge in [-0.05, 0) is 18.8 Å². The second-order valence-corrected chi connectivity index (χ2v) is 6.15. The lowest BCUT2D eigenvalue weighted by Gasteiger charge is -2.16. The van der Waals surface area contributed by atoms with Gasteiger partial charge in [-0.1, -0.05) is 33.1 Å². The molecule has 0 saturated heterocycles. The number of aldehydes is 1. The largest absolute Gasteiger partial charge is 0.346 e. The summed E-state index contributed by atoms with van der Waals surface area (Å²) in [4.78, 5) is 46.4. The topological polar surface area (TPSA) is 83.6 Å². The summed E-state index contributed by atoms with van der Waals surface area (Å²) in [6.45, 7) is 4.25. The lowest BCUT2D eigenvalue weighted by Crippen LogP contribution is -2.39. The smallest absolute Gasteiger partial charge is 0.253 e. The molecule has 128 valence electrons. The Labute approximate surface area is 137 Å². The predicted molar refractivity (Wildman–Crippen MR) is 86.4 cm³/mol. The molecule has 6 heteroatoms. The second-order valence-electron chi connectivity index (χ2n) is 6.15. The number of amides is 3. The van der Waals surface area contributed by atoms with E-state index >= 15 is 0 Å². The summed E-state index contributed by atoms with van der Waals surface area (Å²) in [5, 5.41) is 2.72. The molecule has 1 N–H and O–H groups in total. The average molecular weight is 322 g/mol. The molecule has 0 bridgehead atoms. The van der Waals surface area contributed by atoms with Crippen LogP contribution >= 0.6 is 0 Å². The van der Waals surface area contributed by atoms with E-state index in [1.165, 1.54) is 17.1 Å². The van der Waals surface area contributed by atoms with Gasteiger partial charge in [-0.2, -0.15) is 0 Å². The summed E-state index contributed by atoms with van der Waals surface area (Å²) in [6, 6.07) is -0.411. The van der Waals surface area contributed by atoms with Crippen LogP contribution in [0.5, 0.6) is 0 Å². The van der Waals surface area contributed by atoms with Crippen molar-refractivity contribution >= 4 is 24.0 Å². The minimum absolute atomic E-state index is 0.0878. The van der Waals surface area contributed by atoms with Crippen molar-refractivity contribution in [3.63, 3.8) is 0 Å². The molecule has 3 amide bonds.